The van der Waals surface area contributed by atoms with E-state index in [0.29, 0.717) is 13.0 Å². The second-order valence-electron chi connectivity index (χ2n) is 4.16. The van der Waals surface area contributed by atoms with Crippen molar-refractivity contribution in [2.75, 3.05) is 6.54 Å². The smallest absolute Gasteiger partial charge is 0.303 e. The summed E-state index contributed by atoms with van der Waals surface area (Å²) in [6, 6.07) is 9.61. The zero-order valence-electron chi connectivity index (χ0n) is 10.6. The van der Waals surface area contributed by atoms with Gasteiger partial charge < -0.3 is 10.4 Å². The van der Waals surface area contributed by atoms with Gasteiger partial charge in [0.25, 0.3) is 0 Å². The van der Waals surface area contributed by atoms with Crippen LogP contribution in [0.5, 0.6) is 0 Å². The van der Waals surface area contributed by atoms with Crippen LogP contribution in [0.2, 0.25) is 0 Å². The van der Waals surface area contributed by atoms with E-state index >= 15 is 0 Å². The monoisotopic (exact) mass is 249 g/mol. The maximum absolute atomic E-state index is 12.0. The average molecular weight is 249 g/mol. The summed E-state index contributed by atoms with van der Waals surface area (Å²) in [5.41, 5.74) is 0.996. The van der Waals surface area contributed by atoms with Crippen molar-refractivity contribution in [3.8, 4) is 0 Å². The summed E-state index contributed by atoms with van der Waals surface area (Å²) < 4.78 is 0. The van der Waals surface area contributed by atoms with Crippen LogP contribution in [0.3, 0.4) is 0 Å². The number of benzene rings is 1. The van der Waals surface area contributed by atoms with Gasteiger partial charge in [-0.15, -0.1) is 0 Å². The predicted molar refractivity (Wildman–Crippen MR) is 69.4 cm³/mol. The Kier molecular flexibility index (Phi) is 5.91. The van der Waals surface area contributed by atoms with Crippen LogP contribution in [0.4, 0.5) is 0 Å². The van der Waals surface area contributed by atoms with E-state index in [0.717, 1.165) is 12.0 Å². The summed E-state index contributed by atoms with van der Waals surface area (Å²) in [7, 11) is 0. The molecule has 18 heavy (non-hydrogen) atoms. The van der Waals surface area contributed by atoms with E-state index in [1.165, 1.54) is 0 Å². The van der Waals surface area contributed by atoms with Crippen molar-refractivity contribution in [2.24, 2.45) is 0 Å². The van der Waals surface area contributed by atoms with Crippen LogP contribution in [0, 0.1) is 0 Å². The van der Waals surface area contributed by atoms with Crippen LogP contribution in [0.25, 0.3) is 0 Å². The first-order valence-electron chi connectivity index (χ1n) is 6.19. The van der Waals surface area contributed by atoms with Gasteiger partial charge in [0.2, 0.25) is 5.91 Å². The van der Waals surface area contributed by atoms with Gasteiger partial charge >= 0.3 is 5.97 Å². The maximum Gasteiger partial charge on any atom is 0.303 e. The van der Waals surface area contributed by atoms with Gasteiger partial charge in [-0.2, -0.15) is 0 Å². The molecule has 0 aromatic heterocycles. The number of carbonyl (C=O) groups is 2. The first kappa shape index (κ1) is 14.2. The molecule has 0 bridgehead atoms. The van der Waals surface area contributed by atoms with Crippen molar-refractivity contribution in [2.45, 2.75) is 32.1 Å². The minimum atomic E-state index is -0.834. The van der Waals surface area contributed by atoms with Gasteiger partial charge in [0.1, 0.15) is 0 Å². The fourth-order valence-corrected chi connectivity index (χ4v) is 1.83. The molecular weight excluding hydrogens is 230 g/mol. The maximum atomic E-state index is 12.0. The largest absolute Gasteiger partial charge is 0.481 e. The number of amides is 1. The highest BCUT2D eigenvalue weighted by Crippen LogP contribution is 2.18. The lowest BCUT2D eigenvalue weighted by Gasteiger charge is -2.15. The molecule has 0 aliphatic heterocycles. The summed E-state index contributed by atoms with van der Waals surface area (Å²) >= 11 is 0. The number of hydrogen-bond donors (Lipinski definition) is 2. The minimum Gasteiger partial charge on any atom is -0.481 e. The van der Waals surface area contributed by atoms with Crippen LogP contribution in [0.1, 0.15) is 37.7 Å². The molecule has 98 valence electrons. The van der Waals surface area contributed by atoms with Gasteiger partial charge in [-0.25, -0.2) is 0 Å². The molecule has 0 saturated heterocycles. The number of hydrogen-bond acceptors (Lipinski definition) is 2. The summed E-state index contributed by atoms with van der Waals surface area (Å²) in [4.78, 5) is 22.3. The SMILES string of the molecule is CCC(C(=O)NCCCC(=O)O)c1ccccc1. The van der Waals surface area contributed by atoms with Crippen LogP contribution in [-0.2, 0) is 9.59 Å². The van der Waals surface area contributed by atoms with Gasteiger partial charge in [-0.1, -0.05) is 37.3 Å². The van der Waals surface area contributed by atoms with Crippen LogP contribution in [-0.4, -0.2) is 23.5 Å². The minimum absolute atomic E-state index is 0.0333. The van der Waals surface area contributed by atoms with Gasteiger partial charge in [0.15, 0.2) is 0 Å². The molecule has 1 rings (SSSR count). The molecule has 0 radical (unpaired) electrons. The normalized spacial score (nSPS) is 11.8. The summed E-state index contributed by atoms with van der Waals surface area (Å²) in [5.74, 6) is -1.02. The third-order valence-corrected chi connectivity index (χ3v) is 2.79. The zero-order valence-corrected chi connectivity index (χ0v) is 10.6. The Balaban J connectivity index is 2.46. The Morgan fingerprint density at radius 3 is 2.50 bits per heavy atom. The molecule has 1 aromatic rings. The third kappa shape index (κ3) is 4.57. The van der Waals surface area contributed by atoms with E-state index in [2.05, 4.69) is 5.32 Å². The first-order chi connectivity index (χ1) is 8.65. The number of carboxylic acids is 1. The van der Waals surface area contributed by atoms with Crippen molar-refractivity contribution in [1.29, 1.82) is 0 Å². The fraction of sp³-hybridized carbons (Fsp3) is 0.429. The Morgan fingerprint density at radius 1 is 1.28 bits per heavy atom. The molecule has 1 unspecified atom stereocenters. The van der Waals surface area contributed by atoms with Gasteiger partial charge in [0.05, 0.1) is 5.92 Å². The first-order valence-corrected chi connectivity index (χ1v) is 6.19. The quantitative estimate of drug-likeness (QED) is 0.728. The lowest BCUT2D eigenvalue weighted by molar-refractivity contribution is -0.137. The summed E-state index contributed by atoms with van der Waals surface area (Å²) in [6.07, 6.45) is 1.28. The van der Waals surface area contributed by atoms with Crippen molar-refractivity contribution in [3.05, 3.63) is 35.9 Å². The lowest BCUT2D eigenvalue weighted by atomic mass is 9.95. The van der Waals surface area contributed by atoms with Crippen molar-refractivity contribution < 1.29 is 14.7 Å². The highest BCUT2D eigenvalue weighted by molar-refractivity contribution is 5.83. The number of carboxylic acid groups (broad SMARTS) is 1. The standard InChI is InChI=1S/C14H19NO3/c1-2-12(11-7-4-3-5-8-11)14(18)15-10-6-9-13(16)17/h3-5,7-8,12H,2,6,9-10H2,1H3,(H,15,18)(H,16,17). The topological polar surface area (TPSA) is 66.4 Å². The van der Waals surface area contributed by atoms with Gasteiger partial charge in [0, 0.05) is 13.0 Å². The van der Waals surface area contributed by atoms with Crippen molar-refractivity contribution >= 4 is 11.9 Å². The van der Waals surface area contributed by atoms with E-state index < -0.39 is 5.97 Å². The molecule has 1 amide bonds. The Hall–Kier alpha value is -1.84. The van der Waals surface area contributed by atoms with Crippen molar-refractivity contribution in [1.82, 2.24) is 5.32 Å². The Bertz CT molecular complexity index is 389. The molecule has 0 aliphatic rings. The molecule has 0 aliphatic carbocycles. The fourth-order valence-electron chi connectivity index (χ4n) is 1.83. The van der Waals surface area contributed by atoms with Crippen molar-refractivity contribution in [3.63, 3.8) is 0 Å². The van der Waals surface area contributed by atoms with Gasteiger partial charge in [-0.05, 0) is 18.4 Å². The average Bonchev–Trinajstić information content (AvgIpc) is 2.36. The molecule has 0 saturated carbocycles. The zero-order chi connectivity index (χ0) is 13.4. The van der Waals surface area contributed by atoms with Crippen LogP contribution in [0.15, 0.2) is 30.3 Å². The second-order valence-corrected chi connectivity index (χ2v) is 4.16. The van der Waals surface area contributed by atoms with Gasteiger partial charge in [-0.3, -0.25) is 9.59 Å². The number of aliphatic carboxylic acids is 1. The molecule has 0 fully saturated rings. The van der Waals surface area contributed by atoms with E-state index in [4.69, 9.17) is 5.11 Å². The Labute approximate surface area is 107 Å². The van der Waals surface area contributed by atoms with E-state index in [1.54, 1.807) is 0 Å². The molecular formula is C14H19NO3. The van der Waals surface area contributed by atoms with E-state index in [9.17, 15) is 9.59 Å². The van der Waals surface area contributed by atoms with Crippen LogP contribution < -0.4 is 5.32 Å². The molecule has 1 atom stereocenters. The molecule has 0 spiro atoms. The molecule has 4 nitrogen and oxygen atoms in total. The number of nitrogens with one attached hydrogen (secondary N) is 1. The summed E-state index contributed by atoms with van der Waals surface area (Å²) in [6.45, 7) is 2.38. The molecule has 2 N–H and O–H groups in total. The Morgan fingerprint density at radius 2 is 1.94 bits per heavy atom. The lowest BCUT2D eigenvalue weighted by Crippen LogP contribution is -2.30. The van der Waals surface area contributed by atoms with E-state index in [-0.39, 0.29) is 18.2 Å². The second kappa shape index (κ2) is 7.48. The highest BCUT2D eigenvalue weighted by Gasteiger charge is 2.17. The predicted octanol–water partition coefficient (Wildman–Crippen LogP) is 2.16. The molecule has 4 heteroatoms. The third-order valence-electron chi connectivity index (χ3n) is 2.79. The number of carbonyl (C=O) groups excluding carboxylic acids is 1. The molecule has 0 heterocycles. The number of rotatable bonds is 7. The van der Waals surface area contributed by atoms with Crippen LogP contribution >= 0.6 is 0 Å². The summed E-state index contributed by atoms with van der Waals surface area (Å²) in [5, 5.41) is 11.3. The molecule has 1 aromatic carbocycles. The highest BCUT2D eigenvalue weighted by atomic mass is 16.4. The van der Waals surface area contributed by atoms with E-state index in [1.807, 2.05) is 37.3 Å².